The monoisotopic (exact) mass is 298 g/mol. The molecule has 0 bridgehead atoms. The normalized spacial score (nSPS) is 10.3. The molecule has 6 heteroatoms. The summed E-state index contributed by atoms with van der Waals surface area (Å²) in [4.78, 5) is 10.7. The second kappa shape index (κ2) is 5.88. The van der Waals surface area contributed by atoms with Crippen LogP contribution in [-0.2, 0) is 6.61 Å². The number of carboxylic acid groups (broad SMARTS) is 1. The number of carbonyl (C=O) groups is 1. The van der Waals surface area contributed by atoms with Crippen LogP contribution in [0.25, 0.3) is 0 Å². The summed E-state index contributed by atoms with van der Waals surface area (Å²) in [6, 6.07) is 7.86. The van der Waals surface area contributed by atoms with E-state index in [0.29, 0.717) is 5.56 Å². The minimum atomic E-state index is -1.35. The van der Waals surface area contributed by atoms with Gasteiger partial charge in [-0.05, 0) is 29.8 Å². The molecule has 0 saturated carbocycles. The SMILES string of the molecule is O=C(O)c1ccc(COc2cccc(Cl)c2F)cc1F. The van der Waals surface area contributed by atoms with Crippen LogP contribution in [0, 0.1) is 11.6 Å². The van der Waals surface area contributed by atoms with E-state index in [1.807, 2.05) is 0 Å². The quantitative estimate of drug-likeness (QED) is 0.931. The van der Waals surface area contributed by atoms with Gasteiger partial charge in [0.2, 0.25) is 0 Å². The van der Waals surface area contributed by atoms with Crippen molar-refractivity contribution in [3.05, 3.63) is 64.2 Å². The van der Waals surface area contributed by atoms with Crippen LogP contribution in [0.2, 0.25) is 5.02 Å². The average molecular weight is 299 g/mol. The van der Waals surface area contributed by atoms with Crippen molar-refractivity contribution in [3.63, 3.8) is 0 Å². The largest absolute Gasteiger partial charge is 0.486 e. The molecule has 0 aliphatic rings. The summed E-state index contributed by atoms with van der Waals surface area (Å²) < 4.78 is 32.2. The standard InChI is InChI=1S/C14H9ClF2O3/c15-10-2-1-3-12(13(10)17)20-7-8-4-5-9(14(18)19)11(16)6-8/h1-6H,7H2,(H,18,19). The lowest BCUT2D eigenvalue weighted by Gasteiger charge is -2.08. The van der Waals surface area contributed by atoms with Gasteiger partial charge in [-0.3, -0.25) is 0 Å². The van der Waals surface area contributed by atoms with Crippen LogP contribution < -0.4 is 4.74 Å². The van der Waals surface area contributed by atoms with Gasteiger partial charge in [0.15, 0.2) is 11.6 Å². The van der Waals surface area contributed by atoms with Crippen LogP contribution in [0.5, 0.6) is 5.75 Å². The summed E-state index contributed by atoms with van der Waals surface area (Å²) in [5.74, 6) is -2.97. The molecule has 2 aromatic rings. The number of halogens is 3. The van der Waals surface area contributed by atoms with Gasteiger partial charge in [-0.2, -0.15) is 0 Å². The maximum absolute atomic E-state index is 13.5. The van der Waals surface area contributed by atoms with E-state index in [-0.39, 0.29) is 17.4 Å². The highest BCUT2D eigenvalue weighted by Gasteiger charge is 2.11. The van der Waals surface area contributed by atoms with Crippen molar-refractivity contribution in [2.75, 3.05) is 0 Å². The van der Waals surface area contributed by atoms with Crippen LogP contribution in [0.1, 0.15) is 15.9 Å². The summed E-state index contributed by atoms with van der Waals surface area (Å²) in [5, 5.41) is 8.62. The number of aromatic carboxylic acids is 1. The molecule has 0 amide bonds. The predicted molar refractivity (Wildman–Crippen MR) is 69.1 cm³/mol. The number of benzene rings is 2. The third-order valence-electron chi connectivity index (χ3n) is 2.57. The fraction of sp³-hybridized carbons (Fsp3) is 0.0714. The molecule has 0 spiro atoms. The molecule has 0 aliphatic carbocycles. The summed E-state index contributed by atoms with van der Waals surface area (Å²) in [7, 11) is 0. The van der Waals surface area contributed by atoms with E-state index < -0.39 is 23.2 Å². The van der Waals surface area contributed by atoms with Crippen LogP contribution in [0.15, 0.2) is 36.4 Å². The third-order valence-corrected chi connectivity index (χ3v) is 2.87. The van der Waals surface area contributed by atoms with Crippen LogP contribution in [-0.4, -0.2) is 11.1 Å². The highest BCUT2D eigenvalue weighted by molar-refractivity contribution is 6.30. The minimum absolute atomic E-state index is 0.0554. The second-order valence-corrected chi connectivity index (χ2v) is 4.37. The Kier molecular flexibility index (Phi) is 4.20. The smallest absolute Gasteiger partial charge is 0.338 e. The number of hydrogen-bond acceptors (Lipinski definition) is 2. The Bertz CT molecular complexity index is 659. The molecule has 2 rings (SSSR count). The highest BCUT2D eigenvalue weighted by Crippen LogP contribution is 2.25. The van der Waals surface area contributed by atoms with Crippen molar-refractivity contribution in [1.29, 1.82) is 0 Å². The molecule has 0 saturated heterocycles. The Balaban J connectivity index is 2.13. The van der Waals surface area contributed by atoms with Gasteiger partial charge in [-0.15, -0.1) is 0 Å². The molecule has 20 heavy (non-hydrogen) atoms. The Morgan fingerprint density at radius 1 is 1.25 bits per heavy atom. The Hall–Kier alpha value is -2.14. The second-order valence-electron chi connectivity index (χ2n) is 3.96. The molecule has 0 fully saturated rings. The van der Waals surface area contributed by atoms with E-state index in [1.54, 1.807) is 0 Å². The molecule has 0 aliphatic heterocycles. The average Bonchev–Trinajstić information content (AvgIpc) is 2.40. The molecule has 2 aromatic carbocycles. The number of ether oxygens (including phenoxy) is 1. The molecule has 0 unspecified atom stereocenters. The van der Waals surface area contributed by atoms with Crippen LogP contribution in [0.3, 0.4) is 0 Å². The summed E-state index contributed by atoms with van der Waals surface area (Å²) in [5.41, 5.74) is -0.0467. The van der Waals surface area contributed by atoms with E-state index in [4.69, 9.17) is 21.4 Å². The van der Waals surface area contributed by atoms with Crippen molar-refractivity contribution >= 4 is 17.6 Å². The topological polar surface area (TPSA) is 46.5 Å². The first-order valence-electron chi connectivity index (χ1n) is 5.57. The van der Waals surface area contributed by atoms with Crippen molar-refractivity contribution in [3.8, 4) is 5.75 Å². The van der Waals surface area contributed by atoms with Gasteiger partial charge < -0.3 is 9.84 Å². The van der Waals surface area contributed by atoms with E-state index in [0.717, 1.165) is 12.1 Å². The van der Waals surface area contributed by atoms with Gasteiger partial charge in [-0.1, -0.05) is 23.7 Å². The first-order chi connectivity index (χ1) is 9.49. The Labute approximate surface area is 118 Å². The lowest BCUT2D eigenvalue weighted by Crippen LogP contribution is -2.03. The maximum atomic E-state index is 13.5. The molecular weight excluding hydrogens is 290 g/mol. The minimum Gasteiger partial charge on any atom is -0.486 e. The number of carboxylic acids is 1. The zero-order valence-electron chi connectivity index (χ0n) is 10.1. The van der Waals surface area contributed by atoms with Crippen LogP contribution in [0.4, 0.5) is 8.78 Å². The summed E-state index contributed by atoms with van der Waals surface area (Å²) in [6.45, 7) is -0.103. The molecule has 0 heterocycles. The first kappa shape index (κ1) is 14.3. The lowest BCUT2D eigenvalue weighted by molar-refractivity contribution is 0.0692. The molecule has 3 nitrogen and oxygen atoms in total. The maximum Gasteiger partial charge on any atom is 0.338 e. The van der Waals surface area contributed by atoms with E-state index in [2.05, 4.69) is 0 Å². The van der Waals surface area contributed by atoms with Crippen molar-refractivity contribution < 1.29 is 23.4 Å². The molecule has 0 aromatic heterocycles. The Morgan fingerprint density at radius 2 is 2.00 bits per heavy atom. The summed E-state index contributed by atoms with van der Waals surface area (Å²) >= 11 is 5.60. The van der Waals surface area contributed by atoms with Gasteiger partial charge in [-0.25, -0.2) is 13.6 Å². The van der Waals surface area contributed by atoms with E-state index in [1.165, 1.54) is 24.3 Å². The molecule has 1 N–H and O–H groups in total. The molecule has 0 radical (unpaired) electrons. The van der Waals surface area contributed by atoms with Crippen molar-refractivity contribution in [2.24, 2.45) is 0 Å². The zero-order chi connectivity index (χ0) is 14.7. The number of hydrogen-bond donors (Lipinski definition) is 1. The zero-order valence-corrected chi connectivity index (χ0v) is 10.8. The van der Waals surface area contributed by atoms with Gasteiger partial charge >= 0.3 is 5.97 Å². The van der Waals surface area contributed by atoms with Crippen LogP contribution >= 0.6 is 11.6 Å². The van der Waals surface area contributed by atoms with Crippen molar-refractivity contribution in [1.82, 2.24) is 0 Å². The highest BCUT2D eigenvalue weighted by atomic mass is 35.5. The fourth-order valence-corrected chi connectivity index (χ4v) is 1.74. The van der Waals surface area contributed by atoms with Gasteiger partial charge in [0.05, 0.1) is 10.6 Å². The van der Waals surface area contributed by atoms with E-state index in [9.17, 15) is 13.6 Å². The van der Waals surface area contributed by atoms with Gasteiger partial charge in [0.25, 0.3) is 0 Å². The number of rotatable bonds is 4. The van der Waals surface area contributed by atoms with Gasteiger partial charge in [0, 0.05) is 0 Å². The molecular formula is C14H9ClF2O3. The van der Waals surface area contributed by atoms with Gasteiger partial charge in [0.1, 0.15) is 12.4 Å². The fourth-order valence-electron chi connectivity index (χ4n) is 1.58. The van der Waals surface area contributed by atoms with E-state index >= 15 is 0 Å². The first-order valence-corrected chi connectivity index (χ1v) is 5.95. The predicted octanol–water partition coefficient (Wildman–Crippen LogP) is 3.90. The molecule has 104 valence electrons. The third kappa shape index (κ3) is 3.05. The summed E-state index contributed by atoms with van der Waals surface area (Å²) in [6.07, 6.45) is 0. The molecule has 0 atom stereocenters. The lowest BCUT2D eigenvalue weighted by atomic mass is 10.1. The van der Waals surface area contributed by atoms with Crippen molar-refractivity contribution in [2.45, 2.75) is 6.61 Å². The Morgan fingerprint density at radius 3 is 2.65 bits per heavy atom.